The fraction of sp³-hybridized carbons (Fsp3) is 0.273. The van der Waals surface area contributed by atoms with Gasteiger partial charge in [-0.3, -0.25) is 0 Å². The van der Waals surface area contributed by atoms with Crippen molar-refractivity contribution in [3.63, 3.8) is 0 Å². The first-order chi connectivity index (χ1) is 7.97. The number of ether oxygens (including phenoxy) is 1. The van der Waals surface area contributed by atoms with Crippen molar-refractivity contribution in [3.05, 3.63) is 29.8 Å². The molecule has 0 aliphatic heterocycles. The first-order valence-electron chi connectivity index (χ1n) is 4.56. The first-order valence-corrected chi connectivity index (χ1v) is 4.56. The minimum absolute atomic E-state index is 0.133. The Balaban J connectivity index is 2.68. The highest BCUT2D eigenvalue weighted by atomic mass is 19.4. The maximum Gasteiger partial charge on any atom is 0.407 e. The number of rotatable bonds is 3. The van der Waals surface area contributed by atoms with Gasteiger partial charge < -0.3 is 4.74 Å². The van der Waals surface area contributed by atoms with Crippen LogP contribution in [0.15, 0.2) is 24.3 Å². The first kappa shape index (κ1) is 12.9. The maximum atomic E-state index is 12.2. The second kappa shape index (κ2) is 5.22. The van der Waals surface area contributed by atoms with Crippen molar-refractivity contribution in [2.75, 3.05) is 6.61 Å². The summed E-state index contributed by atoms with van der Waals surface area (Å²) in [6.07, 6.45) is -4.61. The second-order valence-corrected chi connectivity index (χ2v) is 3.17. The van der Waals surface area contributed by atoms with Gasteiger partial charge in [-0.15, -0.1) is 0 Å². The van der Waals surface area contributed by atoms with Crippen molar-refractivity contribution in [1.82, 2.24) is 0 Å². The molecule has 0 aliphatic rings. The Morgan fingerprint density at radius 2 is 2.00 bits per heavy atom. The van der Waals surface area contributed by atoms with Crippen LogP contribution in [0.25, 0.3) is 0 Å². The highest BCUT2D eigenvalue weighted by molar-refractivity contribution is 5.36. The third-order valence-electron chi connectivity index (χ3n) is 1.93. The molecule has 1 atom stereocenters. The third kappa shape index (κ3) is 3.69. The Bertz CT molecular complexity index is 471. The monoisotopic (exact) mass is 240 g/mol. The number of alkyl halides is 3. The summed E-state index contributed by atoms with van der Waals surface area (Å²) in [7, 11) is 0. The lowest BCUT2D eigenvalue weighted by atomic mass is 10.2. The number of hydrogen-bond donors (Lipinski definition) is 0. The molecule has 0 bridgehead atoms. The SMILES string of the molecule is N#Cc1cccc(OCC(C#N)C(F)(F)F)c1. The van der Waals surface area contributed by atoms with Crippen molar-refractivity contribution in [2.24, 2.45) is 5.92 Å². The zero-order valence-corrected chi connectivity index (χ0v) is 8.53. The fourth-order valence-corrected chi connectivity index (χ4v) is 1.04. The molecule has 0 aliphatic carbocycles. The van der Waals surface area contributed by atoms with Crippen molar-refractivity contribution in [2.45, 2.75) is 6.18 Å². The molecule has 0 heterocycles. The number of nitrogens with zero attached hydrogens (tertiary/aromatic N) is 2. The third-order valence-corrected chi connectivity index (χ3v) is 1.93. The summed E-state index contributed by atoms with van der Waals surface area (Å²) in [4.78, 5) is 0. The number of nitriles is 2. The van der Waals surface area contributed by atoms with Crippen molar-refractivity contribution >= 4 is 0 Å². The van der Waals surface area contributed by atoms with Gasteiger partial charge in [-0.25, -0.2) is 0 Å². The van der Waals surface area contributed by atoms with E-state index in [2.05, 4.69) is 0 Å². The second-order valence-electron chi connectivity index (χ2n) is 3.17. The summed E-state index contributed by atoms with van der Waals surface area (Å²) in [5.74, 6) is -2.04. The van der Waals surface area contributed by atoms with E-state index in [-0.39, 0.29) is 11.3 Å². The lowest BCUT2D eigenvalue weighted by molar-refractivity contribution is -0.165. The van der Waals surface area contributed by atoms with Gasteiger partial charge in [-0.1, -0.05) is 6.07 Å². The molecule has 0 aromatic heterocycles. The highest BCUT2D eigenvalue weighted by Crippen LogP contribution is 2.26. The van der Waals surface area contributed by atoms with Crippen LogP contribution in [0, 0.1) is 28.6 Å². The van der Waals surface area contributed by atoms with E-state index in [1.807, 2.05) is 6.07 Å². The number of halogens is 3. The molecule has 0 spiro atoms. The van der Waals surface area contributed by atoms with E-state index in [0.717, 1.165) is 6.07 Å². The molecule has 0 radical (unpaired) electrons. The van der Waals surface area contributed by atoms with Crippen molar-refractivity contribution < 1.29 is 17.9 Å². The summed E-state index contributed by atoms with van der Waals surface area (Å²) >= 11 is 0. The van der Waals surface area contributed by atoms with Gasteiger partial charge in [-0.05, 0) is 18.2 Å². The van der Waals surface area contributed by atoms with Gasteiger partial charge in [0.05, 0.1) is 17.7 Å². The quantitative estimate of drug-likeness (QED) is 0.816. The maximum absolute atomic E-state index is 12.2. The fourth-order valence-electron chi connectivity index (χ4n) is 1.04. The van der Waals surface area contributed by atoms with E-state index in [9.17, 15) is 13.2 Å². The smallest absolute Gasteiger partial charge is 0.407 e. The molecule has 17 heavy (non-hydrogen) atoms. The van der Waals surface area contributed by atoms with Crippen LogP contribution in [0.2, 0.25) is 0 Å². The van der Waals surface area contributed by atoms with Crippen LogP contribution in [-0.2, 0) is 0 Å². The average molecular weight is 240 g/mol. The van der Waals surface area contributed by atoms with E-state index in [1.54, 1.807) is 0 Å². The van der Waals surface area contributed by atoms with Crippen LogP contribution in [0.3, 0.4) is 0 Å². The van der Waals surface area contributed by atoms with Crippen LogP contribution < -0.4 is 4.74 Å². The van der Waals surface area contributed by atoms with E-state index in [4.69, 9.17) is 15.3 Å². The summed E-state index contributed by atoms with van der Waals surface area (Å²) in [6.45, 7) is -0.783. The van der Waals surface area contributed by atoms with E-state index in [0.29, 0.717) is 0 Å². The molecular formula is C11H7F3N2O. The molecule has 1 rings (SSSR count). The van der Waals surface area contributed by atoms with E-state index < -0.39 is 18.7 Å². The van der Waals surface area contributed by atoms with Crippen molar-refractivity contribution in [1.29, 1.82) is 10.5 Å². The molecule has 1 unspecified atom stereocenters. The van der Waals surface area contributed by atoms with Crippen molar-refractivity contribution in [3.8, 4) is 17.9 Å². The Kier molecular flexibility index (Phi) is 3.95. The molecule has 0 saturated heterocycles. The van der Waals surface area contributed by atoms with Crippen LogP contribution in [0.5, 0.6) is 5.75 Å². The van der Waals surface area contributed by atoms with Gasteiger partial charge in [0.25, 0.3) is 0 Å². The van der Waals surface area contributed by atoms with E-state index >= 15 is 0 Å². The van der Waals surface area contributed by atoms with Gasteiger partial charge in [0.15, 0.2) is 5.92 Å². The normalized spacial score (nSPS) is 12.3. The largest absolute Gasteiger partial charge is 0.492 e. The predicted molar refractivity (Wildman–Crippen MR) is 51.8 cm³/mol. The van der Waals surface area contributed by atoms with E-state index in [1.165, 1.54) is 24.3 Å². The Morgan fingerprint density at radius 3 is 2.53 bits per heavy atom. The predicted octanol–water partition coefficient (Wildman–Crippen LogP) is 2.64. The minimum atomic E-state index is -4.61. The molecule has 6 heteroatoms. The lowest BCUT2D eigenvalue weighted by Gasteiger charge is -2.14. The van der Waals surface area contributed by atoms with Gasteiger partial charge in [-0.2, -0.15) is 23.7 Å². The molecule has 0 amide bonds. The van der Waals surface area contributed by atoms with Crippen LogP contribution in [0.4, 0.5) is 13.2 Å². The summed E-state index contributed by atoms with van der Waals surface area (Å²) in [6, 6.07) is 8.68. The Hall–Kier alpha value is -2.21. The molecule has 88 valence electrons. The molecule has 0 saturated carbocycles. The molecule has 1 aromatic rings. The standard InChI is InChI=1S/C11H7F3N2O/c12-11(13,14)9(6-16)7-17-10-3-1-2-8(4-10)5-15/h1-4,9H,7H2. The lowest BCUT2D eigenvalue weighted by Crippen LogP contribution is -2.27. The summed E-state index contributed by atoms with van der Waals surface area (Å²) in [5, 5.41) is 16.9. The topological polar surface area (TPSA) is 56.8 Å². The average Bonchev–Trinajstić information content (AvgIpc) is 2.28. The van der Waals surface area contributed by atoms with Gasteiger partial charge in [0.1, 0.15) is 12.4 Å². The number of hydrogen-bond acceptors (Lipinski definition) is 3. The Labute approximate surface area is 95.7 Å². The molecule has 1 aromatic carbocycles. The van der Waals surface area contributed by atoms with Gasteiger partial charge >= 0.3 is 6.18 Å². The van der Waals surface area contributed by atoms with Crippen LogP contribution in [-0.4, -0.2) is 12.8 Å². The molecule has 0 fully saturated rings. The highest BCUT2D eigenvalue weighted by Gasteiger charge is 2.40. The number of benzene rings is 1. The molecule has 3 nitrogen and oxygen atoms in total. The van der Waals surface area contributed by atoms with Gasteiger partial charge in [0.2, 0.25) is 0 Å². The minimum Gasteiger partial charge on any atom is -0.492 e. The molecular weight excluding hydrogens is 233 g/mol. The van der Waals surface area contributed by atoms with Gasteiger partial charge in [0, 0.05) is 0 Å². The summed E-state index contributed by atoms with van der Waals surface area (Å²) < 4.78 is 41.5. The zero-order chi connectivity index (χ0) is 12.9. The van der Waals surface area contributed by atoms with Crippen LogP contribution in [0.1, 0.15) is 5.56 Å². The summed E-state index contributed by atoms with van der Waals surface area (Å²) in [5.41, 5.74) is 0.281. The van der Waals surface area contributed by atoms with Crippen LogP contribution >= 0.6 is 0 Å². The Morgan fingerprint density at radius 1 is 1.29 bits per heavy atom. The zero-order valence-electron chi connectivity index (χ0n) is 8.53. The molecule has 0 N–H and O–H groups in total.